The summed E-state index contributed by atoms with van der Waals surface area (Å²) in [6, 6.07) is 14.8. The summed E-state index contributed by atoms with van der Waals surface area (Å²) >= 11 is 6.19. The first-order chi connectivity index (χ1) is 14.1. The Morgan fingerprint density at radius 2 is 1.83 bits per heavy atom. The quantitative estimate of drug-likeness (QED) is 0.657. The van der Waals surface area contributed by atoms with E-state index in [0.29, 0.717) is 16.4 Å². The third-order valence-electron chi connectivity index (χ3n) is 5.06. The van der Waals surface area contributed by atoms with Gasteiger partial charge in [0.15, 0.2) is 5.69 Å². The van der Waals surface area contributed by atoms with Crippen molar-refractivity contribution < 1.29 is 9.53 Å². The van der Waals surface area contributed by atoms with E-state index in [2.05, 4.69) is 15.3 Å². The Bertz CT molecular complexity index is 994. The van der Waals surface area contributed by atoms with E-state index in [1.807, 2.05) is 36.4 Å². The van der Waals surface area contributed by atoms with Gasteiger partial charge in [-0.1, -0.05) is 11.6 Å². The molecule has 1 amide bonds. The molecule has 150 valence electrons. The molecule has 0 spiro atoms. The molecule has 0 aliphatic carbocycles. The lowest BCUT2D eigenvalue weighted by molar-refractivity contribution is 0.102. The highest BCUT2D eigenvalue weighted by Crippen LogP contribution is 2.31. The summed E-state index contributed by atoms with van der Waals surface area (Å²) < 4.78 is 6.84. The molecule has 1 aliphatic heterocycles. The zero-order chi connectivity index (χ0) is 20.2. The Labute approximate surface area is 175 Å². The number of methoxy groups -OCH3 is 1. The van der Waals surface area contributed by atoms with Gasteiger partial charge in [0.2, 0.25) is 0 Å². The Hall–Kier alpha value is -2.99. The number of halogens is 1. The third kappa shape index (κ3) is 4.38. The van der Waals surface area contributed by atoms with Crippen molar-refractivity contribution in [1.82, 2.24) is 9.78 Å². The Balaban J connectivity index is 1.54. The summed E-state index contributed by atoms with van der Waals surface area (Å²) in [7, 11) is 1.62. The van der Waals surface area contributed by atoms with Crippen molar-refractivity contribution in [3.8, 4) is 11.4 Å². The summed E-state index contributed by atoms with van der Waals surface area (Å²) in [5.74, 6) is 0.503. The van der Waals surface area contributed by atoms with E-state index < -0.39 is 0 Å². The maximum Gasteiger partial charge on any atom is 0.276 e. The van der Waals surface area contributed by atoms with E-state index in [4.69, 9.17) is 16.3 Å². The van der Waals surface area contributed by atoms with E-state index in [1.54, 1.807) is 30.1 Å². The Kier molecular flexibility index (Phi) is 5.71. The van der Waals surface area contributed by atoms with Crippen LogP contribution < -0.4 is 15.0 Å². The molecule has 3 aromatic rings. The molecule has 1 fully saturated rings. The van der Waals surface area contributed by atoms with Crippen LogP contribution in [0.5, 0.6) is 5.75 Å². The molecule has 4 rings (SSSR count). The summed E-state index contributed by atoms with van der Waals surface area (Å²) in [5.41, 5.74) is 2.90. The van der Waals surface area contributed by atoms with Gasteiger partial charge in [-0.15, -0.1) is 0 Å². The van der Waals surface area contributed by atoms with Gasteiger partial charge in [-0.3, -0.25) is 4.79 Å². The molecule has 0 unspecified atom stereocenters. The van der Waals surface area contributed by atoms with E-state index in [0.717, 1.165) is 43.1 Å². The maximum atomic E-state index is 12.8. The molecule has 1 saturated heterocycles. The standard InChI is InChI=1S/C22H23ClN4O2/c1-29-18-8-6-17(7-9-18)27-14-11-19(25-27)22(28)24-20-15-16(23)5-10-21(20)26-12-3-2-4-13-26/h5-11,14-15H,2-4,12-13H2,1H3,(H,24,28). The lowest BCUT2D eigenvalue weighted by atomic mass is 10.1. The highest BCUT2D eigenvalue weighted by molar-refractivity contribution is 6.31. The fourth-order valence-corrected chi connectivity index (χ4v) is 3.70. The van der Waals surface area contributed by atoms with Crippen LogP contribution in [0.2, 0.25) is 5.02 Å². The van der Waals surface area contributed by atoms with Crippen molar-refractivity contribution in [3.05, 3.63) is 65.4 Å². The van der Waals surface area contributed by atoms with E-state index in [-0.39, 0.29) is 5.91 Å². The SMILES string of the molecule is COc1ccc(-n2ccc(C(=O)Nc3cc(Cl)ccc3N3CCCCC3)n2)cc1. The number of hydrogen-bond donors (Lipinski definition) is 1. The van der Waals surface area contributed by atoms with Gasteiger partial charge in [-0.05, 0) is 67.8 Å². The van der Waals surface area contributed by atoms with Crippen LogP contribution in [0.3, 0.4) is 0 Å². The number of carbonyl (C=O) groups excluding carboxylic acids is 1. The number of ether oxygens (including phenoxy) is 1. The van der Waals surface area contributed by atoms with Crippen LogP contribution >= 0.6 is 11.6 Å². The molecule has 2 heterocycles. The van der Waals surface area contributed by atoms with E-state index >= 15 is 0 Å². The molecule has 29 heavy (non-hydrogen) atoms. The van der Waals surface area contributed by atoms with Gasteiger partial charge >= 0.3 is 0 Å². The van der Waals surface area contributed by atoms with Gasteiger partial charge in [-0.25, -0.2) is 4.68 Å². The number of hydrogen-bond acceptors (Lipinski definition) is 4. The monoisotopic (exact) mass is 410 g/mol. The van der Waals surface area contributed by atoms with Crippen LogP contribution in [0.4, 0.5) is 11.4 Å². The zero-order valence-corrected chi connectivity index (χ0v) is 17.0. The Morgan fingerprint density at radius 1 is 1.07 bits per heavy atom. The molecular formula is C22H23ClN4O2. The van der Waals surface area contributed by atoms with Crippen LogP contribution in [0.15, 0.2) is 54.7 Å². The third-order valence-corrected chi connectivity index (χ3v) is 5.30. The number of nitrogens with one attached hydrogen (secondary N) is 1. The summed E-state index contributed by atoms with van der Waals surface area (Å²) in [6.07, 6.45) is 5.32. The number of carbonyl (C=O) groups is 1. The second-order valence-electron chi connectivity index (χ2n) is 7.01. The lowest BCUT2D eigenvalue weighted by Crippen LogP contribution is -2.30. The molecule has 2 aromatic carbocycles. The molecule has 0 saturated carbocycles. The second-order valence-corrected chi connectivity index (χ2v) is 7.44. The van der Waals surface area contributed by atoms with E-state index in [9.17, 15) is 4.79 Å². The largest absolute Gasteiger partial charge is 0.497 e. The molecular weight excluding hydrogens is 388 g/mol. The Morgan fingerprint density at radius 3 is 2.55 bits per heavy atom. The van der Waals surface area contributed by atoms with Crippen LogP contribution in [-0.2, 0) is 0 Å². The molecule has 7 heteroatoms. The average Bonchev–Trinajstić information content (AvgIpc) is 3.25. The number of aromatic nitrogens is 2. The minimum Gasteiger partial charge on any atom is -0.497 e. The first kappa shape index (κ1) is 19.3. The van der Waals surface area contributed by atoms with Gasteiger partial charge in [0.1, 0.15) is 5.75 Å². The summed E-state index contributed by atoms with van der Waals surface area (Å²) in [6.45, 7) is 1.97. The van der Waals surface area contributed by atoms with Crippen molar-refractivity contribution >= 4 is 28.9 Å². The van der Waals surface area contributed by atoms with Crippen LogP contribution in [0.1, 0.15) is 29.8 Å². The molecule has 0 radical (unpaired) electrons. The predicted molar refractivity (Wildman–Crippen MR) is 116 cm³/mol. The van der Waals surface area contributed by atoms with Crippen molar-refractivity contribution in [2.24, 2.45) is 0 Å². The number of benzene rings is 2. The van der Waals surface area contributed by atoms with Crippen LogP contribution in [0.25, 0.3) is 5.69 Å². The smallest absolute Gasteiger partial charge is 0.276 e. The zero-order valence-electron chi connectivity index (χ0n) is 16.3. The first-order valence-electron chi connectivity index (χ1n) is 9.70. The molecule has 1 N–H and O–H groups in total. The predicted octanol–water partition coefficient (Wildman–Crippen LogP) is 4.78. The fraction of sp³-hybridized carbons (Fsp3) is 0.273. The average molecular weight is 411 g/mol. The van der Waals surface area contributed by atoms with Gasteiger partial charge < -0.3 is 15.0 Å². The van der Waals surface area contributed by atoms with Crippen molar-refractivity contribution in [1.29, 1.82) is 0 Å². The molecule has 0 atom stereocenters. The van der Waals surface area contributed by atoms with Crippen molar-refractivity contribution in [2.75, 3.05) is 30.4 Å². The number of rotatable bonds is 5. The fourth-order valence-electron chi connectivity index (χ4n) is 3.53. The summed E-state index contributed by atoms with van der Waals surface area (Å²) in [4.78, 5) is 15.1. The molecule has 0 bridgehead atoms. The minimum atomic E-state index is -0.266. The van der Waals surface area contributed by atoms with Gasteiger partial charge in [0.05, 0.1) is 24.2 Å². The van der Waals surface area contributed by atoms with Crippen molar-refractivity contribution in [2.45, 2.75) is 19.3 Å². The van der Waals surface area contributed by atoms with Gasteiger partial charge in [-0.2, -0.15) is 5.10 Å². The highest BCUT2D eigenvalue weighted by atomic mass is 35.5. The normalized spacial score (nSPS) is 13.9. The lowest BCUT2D eigenvalue weighted by Gasteiger charge is -2.30. The highest BCUT2D eigenvalue weighted by Gasteiger charge is 2.18. The first-order valence-corrected chi connectivity index (χ1v) is 10.1. The number of nitrogens with zero attached hydrogens (tertiary/aromatic N) is 3. The second kappa shape index (κ2) is 8.57. The number of amides is 1. The van der Waals surface area contributed by atoms with Crippen LogP contribution in [-0.4, -0.2) is 35.9 Å². The van der Waals surface area contributed by atoms with Crippen molar-refractivity contribution in [3.63, 3.8) is 0 Å². The molecule has 1 aromatic heterocycles. The molecule has 6 nitrogen and oxygen atoms in total. The number of piperidine rings is 1. The van der Waals surface area contributed by atoms with Gasteiger partial charge in [0.25, 0.3) is 5.91 Å². The number of anilines is 2. The van der Waals surface area contributed by atoms with Crippen LogP contribution in [0, 0.1) is 0 Å². The van der Waals surface area contributed by atoms with E-state index in [1.165, 1.54) is 6.42 Å². The topological polar surface area (TPSA) is 59.4 Å². The van der Waals surface area contributed by atoms with Gasteiger partial charge in [0, 0.05) is 24.3 Å². The maximum absolute atomic E-state index is 12.8. The minimum absolute atomic E-state index is 0.266. The summed E-state index contributed by atoms with van der Waals surface area (Å²) in [5, 5.41) is 7.99. The molecule has 1 aliphatic rings.